The smallest absolute Gasteiger partial charge is 0.300 e. The highest BCUT2D eigenvalue weighted by Gasteiger charge is 2.30. The van der Waals surface area contributed by atoms with Crippen LogP contribution in [0.5, 0.6) is 0 Å². The third kappa shape index (κ3) is 4.63. The molecule has 182 valence electrons. The Kier molecular flexibility index (Phi) is 6.01. The number of hydrogen-bond donors (Lipinski definition) is 4. The minimum absolute atomic E-state index is 0.0779. The summed E-state index contributed by atoms with van der Waals surface area (Å²) in [5.41, 5.74) is 2.75. The second-order valence-corrected chi connectivity index (χ2v) is 8.50. The van der Waals surface area contributed by atoms with Crippen LogP contribution in [0.4, 0.5) is 20.4 Å². The number of aliphatic hydroxyl groups excluding tert-OH is 2. The number of aromatic nitrogens is 5. The summed E-state index contributed by atoms with van der Waals surface area (Å²) in [6.07, 6.45) is 0.0867. The molecule has 0 radical (unpaired) electrons. The van der Waals surface area contributed by atoms with Gasteiger partial charge in [0.15, 0.2) is 5.82 Å². The average Bonchev–Trinajstić information content (AvgIpc) is 3.50. The van der Waals surface area contributed by atoms with Gasteiger partial charge in [0.05, 0.1) is 17.9 Å². The van der Waals surface area contributed by atoms with Crippen LogP contribution in [0.15, 0.2) is 42.9 Å². The molecule has 0 aliphatic carbocycles. The van der Waals surface area contributed by atoms with Crippen molar-refractivity contribution in [1.82, 2.24) is 29.6 Å². The summed E-state index contributed by atoms with van der Waals surface area (Å²) in [6, 6.07) is 6.69. The lowest BCUT2D eigenvalue weighted by Crippen LogP contribution is -2.22. The highest BCUT2D eigenvalue weighted by Crippen LogP contribution is 2.26. The Hall–Kier alpha value is -3.74. The predicted molar refractivity (Wildman–Crippen MR) is 123 cm³/mol. The first-order chi connectivity index (χ1) is 16.8. The number of fused-ring (bicyclic) bond motifs is 1. The molecule has 0 spiro atoms. The second-order valence-electron chi connectivity index (χ2n) is 8.50. The molecule has 1 fully saturated rings. The molecule has 1 saturated heterocycles. The molecular formula is C23H23F2N7O3. The number of hydrogen-bond acceptors (Lipinski definition) is 8. The number of nitrogens with zero attached hydrogens (tertiary/aromatic N) is 5. The fourth-order valence-corrected chi connectivity index (χ4v) is 4.17. The number of H-pyrrole nitrogens is 1. The number of halogens is 2. The molecule has 5 rings (SSSR count). The van der Waals surface area contributed by atoms with E-state index in [1.807, 2.05) is 18.0 Å². The van der Waals surface area contributed by atoms with Crippen molar-refractivity contribution in [2.45, 2.75) is 32.1 Å². The Balaban J connectivity index is 1.36. The third-order valence-corrected chi connectivity index (χ3v) is 6.01. The van der Waals surface area contributed by atoms with Crippen molar-refractivity contribution < 1.29 is 23.8 Å². The summed E-state index contributed by atoms with van der Waals surface area (Å²) in [5, 5.41) is 27.5. The van der Waals surface area contributed by atoms with E-state index < -0.39 is 24.4 Å². The number of anilines is 2. The van der Waals surface area contributed by atoms with Crippen LogP contribution in [0.1, 0.15) is 21.6 Å². The molecule has 0 amide bonds. The Morgan fingerprint density at radius 1 is 1.26 bits per heavy atom. The van der Waals surface area contributed by atoms with Crippen LogP contribution in [0.3, 0.4) is 0 Å². The molecule has 0 bridgehead atoms. The standard InChI is InChI=1S/C23H23F2N7O3/c1-12-13(8-31-10-18(33)19(34)11-31)9-32(30-12)20-4-5-26-23(29-20)28-14-2-3-17-15(6-14)16(7-27-17)21(35)22(24)25/h2-7,9,18-19,22,27,33-34H,8,10-11H2,1H3,(H,26,28,29)/t18-,19-/m0/s1. The van der Waals surface area contributed by atoms with E-state index in [2.05, 4.69) is 25.4 Å². The first-order valence-corrected chi connectivity index (χ1v) is 11.0. The van der Waals surface area contributed by atoms with Gasteiger partial charge in [0.1, 0.15) is 0 Å². The number of likely N-dealkylation sites (tertiary alicyclic amines) is 1. The quantitative estimate of drug-likeness (QED) is 0.294. The fraction of sp³-hybridized carbons (Fsp3) is 0.304. The van der Waals surface area contributed by atoms with Gasteiger partial charge in [-0.25, -0.2) is 18.4 Å². The van der Waals surface area contributed by atoms with Gasteiger partial charge in [0.25, 0.3) is 0 Å². The molecule has 3 aromatic heterocycles. The number of β-amino-alcohol motifs (C(OH)–C–C–N with tert-alkyl or cyclic N) is 2. The van der Waals surface area contributed by atoms with Crippen LogP contribution in [-0.4, -0.2) is 77.4 Å². The summed E-state index contributed by atoms with van der Waals surface area (Å²) < 4.78 is 27.5. The van der Waals surface area contributed by atoms with Crippen LogP contribution >= 0.6 is 0 Å². The zero-order valence-electron chi connectivity index (χ0n) is 18.7. The van der Waals surface area contributed by atoms with E-state index in [0.717, 1.165) is 11.3 Å². The number of benzene rings is 1. The zero-order valence-corrected chi connectivity index (χ0v) is 18.7. The largest absolute Gasteiger partial charge is 0.389 e. The summed E-state index contributed by atoms with van der Waals surface area (Å²) in [6.45, 7) is 3.19. The van der Waals surface area contributed by atoms with E-state index in [4.69, 9.17) is 0 Å². The van der Waals surface area contributed by atoms with Gasteiger partial charge in [-0.05, 0) is 25.1 Å². The second kappa shape index (κ2) is 9.13. The van der Waals surface area contributed by atoms with Crippen molar-refractivity contribution >= 4 is 28.3 Å². The van der Waals surface area contributed by atoms with Crippen molar-refractivity contribution in [2.75, 3.05) is 18.4 Å². The van der Waals surface area contributed by atoms with E-state index >= 15 is 0 Å². The molecule has 0 saturated carbocycles. The molecule has 1 aliphatic heterocycles. The number of alkyl halides is 2. The van der Waals surface area contributed by atoms with Gasteiger partial charge in [-0.2, -0.15) is 10.1 Å². The van der Waals surface area contributed by atoms with Gasteiger partial charge >= 0.3 is 6.43 Å². The zero-order chi connectivity index (χ0) is 24.7. The highest BCUT2D eigenvalue weighted by molar-refractivity contribution is 6.10. The topological polar surface area (TPSA) is 132 Å². The molecular weight excluding hydrogens is 460 g/mol. The molecule has 2 atom stereocenters. The molecule has 1 aromatic carbocycles. The van der Waals surface area contributed by atoms with Gasteiger partial charge in [-0.3, -0.25) is 9.69 Å². The molecule has 4 heterocycles. The summed E-state index contributed by atoms with van der Waals surface area (Å²) >= 11 is 0. The summed E-state index contributed by atoms with van der Waals surface area (Å²) in [7, 11) is 0. The van der Waals surface area contributed by atoms with Crippen LogP contribution in [0.25, 0.3) is 16.7 Å². The van der Waals surface area contributed by atoms with E-state index in [9.17, 15) is 23.8 Å². The van der Waals surface area contributed by atoms with Crippen molar-refractivity contribution in [3.8, 4) is 5.82 Å². The number of aryl methyl sites for hydroxylation is 1. The monoisotopic (exact) mass is 483 g/mol. The number of Topliss-reactive ketones (excluding diaryl/α,β-unsaturated/α-hetero) is 1. The van der Waals surface area contributed by atoms with Crippen LogP contribution in [0, 0.1) is 6.92 Å². The molecule has 0 unspecified atom stereocenters. The van der Waals surface area contributed by atoms with Gasteiger partial charge in [-0.15, -0.1) is 0 Å². The Morgan fingerprint density at radius 2 is 2.03 bits per heavy atom. The van der Waals surface area contributed by atoms with Gasteiger partial charge in [0.2, 0.25) is 11.7 Å². The average molecular weight is 483 g/mol. The van der Waals surface area contributed by atoms with Gasteiger partial charge < -0.3 is 20.5 Å². The van der Waals surface area contributed by atoms with Crippen molar-refractivity contribution in [3.05, 3.63) is 59.7 Å². The maximum Gasteiger partial charge on any atom is 0.300 e. The molecule has 12 heteroatoms. The van der Waals surface area contributed by atoms with Crippen LogP contribution < -0.4 is 5.32 Å². The number of aliphatic hydroxyl groups is 2. The van der Waals surface area contributed by atoms with E-state index in [-0.39, 0.29) is 11.5 Å². The Labute approximate surface area is 198 Å². The SMILES string of the molecule is Cc1nn(-c2ccnc(Nc3ccc4[nH]cc(C(=O)C(F)F)c4c3)n2)cc1CN1C[C@H](O)[C@@H](O)C1. The maximum atomic E-state index is 12.9. The maximum absolute atomic E-state index is 12.9. The van der Waals surface area contributed by atoms with Gasteiger partial charge in [-0.1, -0.05) is 0 Å². The number of nitrogens with one attached hydrogen (secondary N) is 2. The summed E-state index contributed by atoms with van der Waals surface area (Å²) in [4.78, 5) is 25.3. The van der Waals surface area contributed by atoms with Crippen LogP contribution in [0.2, 0.25) is 0 Å². The van der Waals surface area contributed by atoms with E-state index in [1.54, 1.807) is 35.1 Å². The van der Waals surface area contributed by atoms with Crippen molar-refractivity contribution in [1.29, 1.82) is 0 Å². The highest BCUT2D eigenvalue weighted by atomic mass is 19.3. The molecule has 10 nitrogen and oxygen atoms in total. The molecule has 1 aliphatic rings. The van der Waals surface area contributed by atoms with Crippen LogP contribution in [-0.2, 0) is 6.54 Å². The normalized spacial score (nSPS) is 18.6. The Morgan fingerprint density at radius 3 is 2.77 bits per heavy atom. The fourth-order valence-electron chi connectivity index (χ4n) is 4.17. The van der Waals surface area contributed by atoms with Crippen molar-refractivity contribution in [3.63, 3.8) is 0 Å². The number of carbonyl (C=O) groups is 1. The minimum Gasteiger partial charge on any atom is -0.389 e. The first-order valence-electron chi connectivity index (χ1n) is 11.0. The molecule has 35 heavy (non-hydrogen) atoms. The Bertz CT molecular complexity index is 1380. The lowest BCUT2D eigenvalue weighted by atomic mass is 10.1. The number of rotatable bonds is 7. The first kappa shape index (κ1) is 23.0. The number of aromatic amines is 1. The van der Waals surface area contributed by atoms with E-state index in [1.165, 1.54) is 6.20 Å². The van der Waals surface area contributed by atoms with E-state index in [0.29, 0.717) is 42.0 Å². The molecule has 4 aromatic rings. The third-order valence-electron chi connectivity index (χ3n) is 6.01. The molecule has 4 N–H and O–H groups in total. The lowest BCUT2D eigenvalue weighted by Gasteiger charge is -2.13. The number of carbonyl (C=O) groups excluding carboxylic acids is 1. The predicted octanol–water partition coefficient (Wildman–Crippen LogP) is 2.18. The van der Waals surface area contributed by atoms with Gasteiger partial charge in [0, 0.05) is 72.0 Å². The lowest BCUT2D eigenvalue weighted by molar-refractivity contribution is 0.0572. The summed E-state index contributed by atoms with van der Waals surface area (Å²) in [5.74, 6) is -0.469. The van der Waals surface area contributed by atoms with Crippen molar-refractivity contribution in [2.24, 2.45) is 0 Å². The minimum atomic E-state index is -3.09. The number of ketones is 1.